The quantitative estimate of drug-likeness (QED) is 0.875. The number of ether oxygens (including phenoxy) is 1. The van der Waals surface area contributed by atoms with E-state index in [-0.39, 0.29) is 18.0 Å². The van der Waals surface area contributed by atoms with Gasteiger partial charge in [0.25, 0.3) is 0 Å². The molecule has 1 heterocycles. The number of benzene rings is 1. The first-order valence-corrected chi connectivity index (χ1v) is 6.02. The first-order valence-electron chi connectivity index (χ1n) is 6.02. The van der Waals surface area contributed by atoms with Crippen molar-refractivity contribution in [1.29, 1.82) is 0 Å². The summed E-state index contributed by atoms with van der Waals surface area (Å²) in [7, 11) is 0. The molecule has 0 bridgehead atoms. The third kappa shape index (κ3) is 2.82. The van der Waals surface area contributed by atoms with Crippen LogP contribution in [0.4, 0.5) is 8.78 Å². The predicted molar refractivity (Wildman–Crippen MR) is 61.7 cm³/mol. The fourth-order valence-electron chi connectivity index (χ4n) is 2.28. The molecule has 0 saturated carbocycles. The van der Waals surface area contributed by atoms with Crippen molar-refractivity contribution in [2.75, 3.05) is 13.2 Å². The highest BCUT2D eigenvalue weighted by Crippen LogP contribution is 2.28. The Morgan fingerprint density at radius 1 is 1.47 bits per heavy atom. The van der Waals surface area contributed by atoms with Gasteiger partial charge in [-0.3, -0.25) is 0 Å². The van der Waals surface area contributed by atoms with Crippen molar-refractivity contribution in [1.82, 2.24) is 5.32 Å². The summed E-state index contributed by atoms with van der Waals surface area (Å²) in [6.45, 7) is 3.34. The van der Waals surface area contributed by atoms with Crippen molar-refractivity contribution < 1.29 is 13.5 Å². The SMILES string of the molecule is CCNC(c1cc(F)ccc1F)C1CCCO1. The van der Waals surface area contributed by atoms with Crippen LogP contribution >= 0.6 is 0 Å². The maximum absolute atomic E-state index is 13.7. The topological polar surface area (TPSA) is 21.3 Å². The highest BCUT2D eigenvalue weighted by molar-refractivity contribution is 5.23. The molecule has 17 heavy (non-hydrogen) atoms. The van der Waals surface area contributed by atoms with Crippen LogP contribution in [-0.4, -0.2) is 19.3 Å². The van der Waals surface area contributed by atoms with Crippen molar-refractivity contribution in [3.63, 3.8) is 0 Å². The lowest BCUT2D eigenvalue weighted by atomic mass is 9.98. The van der Waals surface area contributed by atoms with Crippen molar-refractivity contribution in [2.24, 2.45) is 0 Å². The normalized spacial score (nSPS) is 21.7. The lowest BCUT2D eigenvalue weighted by Gasteiger charge is -2.24. The van der Waals surface area contributed by atoms with Gasteiger partial charge in [-0.05, 0) is 37.6 Å². The van der Waals surface area contributed by atoms with E-state index in [1.807, 2.05) is 6.92 Å². The van der Waals surface area contributed by atoms with Crippen LogP contribution in [0.5, 0.6) is 0 Å². The molecule has 0 radical (unpaired) electrons. The molecule has 0 aliphatic carbocycles. The van der Waals surface area contributed by atoms with E-state index in [0.29, 0.717) is 18.7 Å². The third-order valence-corrected chi connectivity index (χ3v) is 3.05. The van der Waals surface area contributed by atoms with E-state index in [2.05, 4.69) is 5.32 Å². The van der Waals surface area contributed by atoms with E-state index in [9.17, 15) is 8.78 Å². The van der Waals surface area contributed by atoms with Crippen molar-refractivity contribution in [3.05, 3.63) is 35.4 Å². The van der Waals surface area contributed by atoms with Gasteiger partial charge in [-0.1, -0.05) is 6.92 Å². The van der Waals surface area contributed by atoms with Crippen molar-refractivity contribution in [2.45, 2.75) is 31.9 Å². The van der Waals surface area contributed by atoms with Gasteiger partial charge in [0.15, 0.2) is 0 Å². The maximum atomic E-state index is 13.7. The molecule has 1 aromatic rings. The Kier molecular flexibility index (Phi) is 4.07. The molecule has 94 valence electrons. The fourth-order valence-corrected chi connectivity index (χ4v) is 2.28. The van der Waals surface area contributed by atoms with Gasteiger partial charge in [-0.15, -0.1) is 0 Å². The van der Waals surface area contributed by atoms with Gasteiger partial charge < -0.3 is 10.1 Å². The van der Waals surface area contributed by atoms with E-state index in [0.717, 1.165) is 18.9 Å². The Hall–Kier alpha value is -1.00. The number of rotatable bonds is 4. The molecule has 1 aromatic carbocycles. The third-order valence-electron chi connectivity index (χ3n) is 3.05. The van der Waals surface area contributed by atoms with E-state index in [1.54, 1.807) is 0 Å². The molecule has 2 nitrogen and oxygen atoms in total. The summed E-state index contributed by atoms with van der Waals surface area (Å²) in [5.74, 6) is -0.796. The summed E-state index contributed by atoms with van der Waals surface area (Å²) in [6, 6.07) is 3.30. The smallest absolute Gasteiger partial charge is 0.128 e. The Morgan fingerprint density at radius 2 is 2.29 bits per heavy atom. The molecule has 2 rings (SSSR count). The summed E-state index contributed by atoms with van der Waals surface area (Å²) >= 11 is 0. The van der Waals surface area contributed by atoms with E-state index >= 15 is 0 Å². The highest BCUT2D eigenvalue weighted by atomic mass is 19.1. The van der Waals surface area contributed by atoms with Gasteiger partial charge in [0.2, 0.25) is 0 Å². The zero-order chi connectivity index (χ0) is 12.3. The summed E-state index contributed by atoms with van der Waals surface area (Å²) in [6.07, 6.45) is 1.79. The van der Waals surface area contributed by atoms with Crippen molar-refractivity contribution in [3.8, 4) is 0 Å². The van der Waals surface area contributed by atoms with Gasteiger partial charge in [-0.25, -0.2) is 8.78 Å². The molecule has 2 atom stereocenters. The standard InChI is InChI=1S/C13H17F2NO/c1-2-16-13(12-4-3-7-17-12)10-8-9(14)5-6-11(10)15/h5-6,8,12-13,16H,2-4,7H2,1H3. The fraction of sp³-hybridized carbons (Fsp3) is 0.538. The molecule has 1 saturated heterocycles. The minimum Gasteiger partial charge on any atom is -0.376 e. The van der Waals surface area contributed by atoms with Gasteiger partial charge in [0.05, 0.1) is 12.1 Å². The zero-order valence-corrected chi connectivity index (χ0v) is 9.88. The van der Waals surface area contributed by atoms with Crippen LogP contribution in [0.1, 0.15) is 31.4 Å². The Labute approximate surface area is 100.0 Å². The van der Waals surface area contributed by atoms with Crippen LogP contribution in [0.3, 0.4) is 0 Å². The van der Waals surface area contributed by atoms with Crippen LogP contribution in [0.2, 0.25) is 0 Å². The number of halogens is 2. The number of likely N-dealkylation sites (N-methyl/N-ethyl adjacent to an activating group) is 1. The average Bonchev–Trinajstić information content (AvgIpc) is 2.83. The molecule has 1 N–H and O–H groups in total. The average molecular weight is 241 g/mol. The van der Waals surface area contributed by atoms with E-state index < -0.39 is 5.82 Å². The molecular formula is C13H17F2NO. The minimum absolute atomic E-state index is 0.0637. The summed E-state index contributed by atoms with van der Waals surface area (Å²) in [4.78, 5) is 0. The molecule has 1 fully saturated rings. The van der Waals surface area contributed by atoms with E-state index in [1.165, 1.54) is 12.1 Å². The first kappa shape index (κ1) is 12.5. The lowest BCUT2D eigenvalue weighted by molar-refractivity contribution is 0.0776. The van der Waals surface area contributed by atoms with Crippen LogP contribution in [0, 0.1) is 11.6 Å². The van der Waals surface area contributed by atoms with Crippen LogP contribution in [0.25, 0.3) is 0 Å². The minimum atomic E-state index is -0.415. The maximum Gasteiger partial charge on any atom is 0.128 e. The molecule has 0 spiro atoms. The Bertz CT molecular complexity index is 378. The molecule has 4 heteroatoms. The second-order valence-corrected chi connectivity index (χ2v) is 4.25. The van der Waals surface area contributed by atoms with Crippen LogP contribution in [-0.2, 0) is 4.74 Å². The molecule has 0 amide bonds. The molecule has 2 unspecified atom stereocenters. The summed E-state index contributed by atoms with van der Waals surface area (Å²) in [5, 5.41) is 3.18. The monoisotopic (exact) mass is 241 g/mol. The van der Waals surface area contributed by atoms with Gasteiger partial charge in [0, 0.05) is 12.2 Å². The first-order chi connectivity index (χ1) is 8.22. The second kappa shape index (κ2) is 5.56. The van der Waals surface area contributed by atoms with Crippen LogP contribution < -0.4 is 5.32 Å². The predicted octanol–water partition coefficient (Wildman–Crippen LogP) is 2.79. The summed E-state index contributed by atoms with van der Waals surface area (Å²) < 4.78 is 32.5. The Morgan fingerprint density at radius 3 is 2.94 bits per heavy atom. The number of nitrogens with one attached hydrogen (secondary N) is 1. The molecular weight excluding hydrogens is 224 g/mol. The molecule has 0 aromatic heterocycles. The molecule has 1 aliphatic heterocycles. The largest absolute Gasteiger partial charge is 0.376 e. The summed E-state index contributed by atoms with van der Waals surface area (Å²) in [5.41, 5.74) is 0.360. The lowest BCUT2D eigenvalue weighted by Crippen LogP contribution is -2.32. The molecule has 1 aliphatic rings. The number of hydrogen-bond donors (Lipinski definition) is 1. The van der Waals surface area contributed by atoms with Crippen molar-refractivity contribution >= 4 is 0 Å². The van der Waals surface area contributed by atoms with E-state index in [4.69, 9.17) is 4.74 Å². The van der Waals surface area contributed by atoms with Gasteiger partial charge in [-0.2, -0.15) is 0 Å². The highest BCUT2D eigenvalue weighted by Gasteiger charge is 2.28. The van der Waals surface area contributed by atoms with Gasteiger partial charge >= 0.3 is 0 Å². The second-order valence-electron chi connectivity index (χ2n) is 4.25. The van der Waals surface area contributed by atoms with Gasteiger partial charge in [0.1, 0.15) is 11.6 Å². The zero-order valence-electron chi connectivity index (χ0n) is 9.88. The Balaban J connectivity index is 2.27. The van der Waals surface area contributed by atoms with Crippen LogP contribution in [0.15, 0.2) is 18.2 Å². The number of hydrogen-bond acceptors (Lipinski definition) is 2.